The van der Waals surface area contributed by atoms with Crippen LogP contribution in [0.2, 0.25) is 0 Å². The van der Waals surface area contributed by atoms with Gasteiger partial charge in [-0.25, -0.2) is 0 Å². The standard InChI is InChI=1S/C15H27NO2/c1-12(14(2)9-10-14)16(3)15(11-13(17)18)7-5-4-6-8-15/h12H,4-11H2,1-3H3,(H,17,18). The lowest BCUT2D eigenvalue weighted by atomic mass is 9.76. The molecule has 0 spiro atoms. The second kappa shape index (κ2) is 4.84. The lowest BCUT2D eigenvalue weighted by Gasteiger charge is -2.48. The zero-order valence-corrected chi connectivity index (χ0v) is 12.0. The van der Waals surface area contributed by atoms with E-state index >= 15 is 0 Å². The van der Waals surface area contributed by atoms with Crippen molar-refractivity contribution < 1.29 is 9.90 Å². The fourth-order valence-corrected chi connectivity index (χ4v) is 3.64. The van der Waals surface area contributed by atoms with Gasteiger partial charge in [0, 0.05) is 11.6 Å². The molecule has 2 aliphatic carbocycles. The molecule has 0 bridgehead atoms. The van der Waals surface area contributed by atoms with Crippen molar-refractivity contribution in [2.24, 2.45) is 5.41 Å². The smallest absolute Gasteiger partial charge is 0.305 e. The summed E-state index contributed by atoms with van der Waals surface area (Å²) in [4.78, 5) is 13.6. The molecule has 0 aliphatic heterocycles. The Kier molecular flexibility index (Phi) is 3.72. The Hall–Kier alpha value is -0.570. The van der Waals surface area contributed by atoms with Crippen LogP contribution in [0.1, 0.15) is 65.2 Å². The highest BCUT2D eigenvalue weighted by molar-refractivity contribution is 5.68. The zero-order valence-electron chi connectivity index (χ0n) is 12.0. The summed E-state index contributed by atoms with van der Waals surface area (Å²) < 4.78 is 0. The molecule has 0 saturated heterocycles. The van der Waals surface area contributed by atoms with E-state index in [9.17, 15) is 9.90 Å². The molecule has 0 radical (unpaired) electrons. The number of hydrogen-bond acceptors (Lipinski definition) is 2. The normalized spacial score (nSPS) is 26.9. The van der Waals surface area contributed by atoms with Crippen molar-refractivity contribution in [3.05, 3.63) is 0 Å². The fourth-order valence-electron chi connectivity index (χ4n) is 3.64. The highest BCUT2D eigenvalue weighted by atomic mass is 16.4. The van der Waals surface area contributed by atoms with Gasteiger partial charge >= 0.3 is 5.97 Å². The molecular weight excluding hydrogens is 226 g/mol. The number of hydrogen-bond donors (Lipinski definition) is 1. The maximum absolute atomic E-state index is 11.2. The summed E-state index contributed by atoms with van der Waals surface area (Å²) >= 11 is 0. The summed E-state index contributed by atoms with van der Waals surface area (Å²) in [5.74, 6) is -0.642. The van der Waals surface area contributed by atoms with Crippen molar-refractivity contribution in [2.75, 3.05) is 7.05 Å². The van der Waals surface area contributed by atoms with Gasteiger partial charge in [0.05, 0.1) is 6.42 Å². The van der Waals surface area contributed by atoms with Crippen molar-refractivity contribution >= 4 is 5.97 Å². The minimum atomic E-state index is -0.642. The van der Waals surface area contributed by atoms with Crippen LogP contribution in [0.4, 0.5) is 0 Å². The minimum Gasteiger partial charge on any atom is -0.481 e. The highest BCUT2D eigenvalue weighted by Gasteiger charge is 2.49. The first-order valence-corrected chi connectivity index (χ1v) is 7.34. The number of aliphatic carboxylic acids is 1. The van der Waals surface area contributed by atoms with Gasteiger partial charge in [0.2, 0.25) is 0 Å². The summed E-state index contributed by atoms with van der Waals surface area (Å²) in [6.07, 6.45) is 8.63. The van der Waals surface area contributed by atoms with E-state index in [1.165, 1.54) is 32.1 Å². The molecule has 2 rings (SSSR count). The van der Waals surface area contributed by atoms with Crippen molar-refractivity contribution in [2.45, 2.75) is 76.8 Å². The number of carboxylic acids is 1. The molecule has 0 aromatic carbocycles. The molecule has 0 aromatic rings. The molecular formula is C15H27NO2. The molecule has 2 saturated carbocycles. The monoisotopic (exact) mass is 253 g/mol. The van der Waals surface area contributed by atoms with Crippen LogP contribution in [-0.4, -0.2) is 34.6 Å². The molecule has 18 heavy (non-hydrogen) atoms. The topological polar surface area (TPSA) is 40.5 Å². The van der Waals surface area contributed by atoms with E-state index in [4.69, 9.17) is 0 Å². The third-order valence-corrected chi connectivity index (χ3v) is 5.64. The first-order valence-electron chi connectivity index (χ1n) is 7.34. The Balaban J connectivity index is 2.14. The Morgan fingerprint density at radius 2 is 1.78 bits per heavy atom. The maximum Gasteiger partial charge on any atom is 0.305 e. The van der Waals surface area contributed by atoms with E-state index in [1.54, 1.807) is 0 Å². The van der Waals surface area contributed by atoms with Crippen LogP contribution in [0.25, 0.3) is 0 Å². The van der Waals surface area contributed by atoms with Crippen molar-refractivity contribution in [1.82, 2.24) is 4.90 Å². The van der Waals surface area contributed by atoms with Crippen LogP contribution in [0.15, 0.2) is 0 Å². The van der Waals surface area contributed by atoms with Crippen LogP contribution in [0, 0.1) is 5.41 Å². The van der Waals surface area contributed by atoms with Gasteiger partial charge in [-0.05, 0) is 45.1 Å². The summed E-state index contributed by atoms with van der Waals surface area (Å²) in [6.45, 7) is 4.62. The van der Waals surface area contributed by atoms with Crippen LogP contribution < -0.4 is 0 Å². The van der Waals surface area contributed by atoms with Gasteiger partial charge in [0.15, 0.2) is 0 Å². The summed E-state index contributed by atoms with van der Waals surface area (Å²) in [5, 5.41) is 9.25. The number of rotatable bonds is 5. The Morgan fingerprint density at radius 3 is 2.22 bits per heavy atom. The fraction of sp³-hybridized carbons (Fsp3) is 0.933. The molecule has 0 amide bonds. The van der Waals surface area contributed by atoms with E-state index < -0.39 is 5.97 Å². The molecule has 2 fully saturated rings. The zero-order chi connectivity index (χ0) is 13.4. The number of carbonyl (C=O) groups is 1. The van der Waals surface area contributed by atoms with E-state index in [-0.39, 0.29) is 5.54 Å². The molecule has 2 aliphatic rings. The minimum absolute atomic E-state index is 0.0882. The predicted octanol–water partition coefficient (Wildman–Crippen LogP) is 3.28. The van der Waals surface area contributed by atoms with Gasteiger partial charge in [-0.1, -0.05) is 26.2 Å². The molecule has 0 aromatic heterocycles. The second-order valence-corrected chi connectivity index (χ2v) is 6.80. The summed E-state index contributed by atoms with van der Waals surface area (Å²) in [6, 6.07) is 0.495. The van der Waals surface area contributed by atoms with E-state index in [1.807, 2.05) is 0 Å². The van der Waals surface area contributed by atoms with Crippen molar-refractivity contribution in [3.8, 4) is 0 Å². The molecule has 1 unspecified atom stereocenters. The molecule has 1 atom stereocenters. The van der Waals surface area contributed by atoms with E-state index in [0.29, 0.717) is 17.9 Å². The Labute approximate surface area is 111 Å². The summed E-state index contributed by atoms with van der Waals surface area (Å²) in [5.41, 5.74) is 0.340. The molecule has 3 nitrogen and oxygen atoms in total. The van der Waals surface area contributed by atoms with E-state index in [2.05, 4.69) is 25.8 Å². The average molecular weight is 253 g/mol. The van der Waals surface area contributed by atoms with Crippen molar-refractivity contribution in [3.63, 3.8) is 0 Å². The summed E-state index contributed by atoms with van der Waals surface area (Å²) in [7, 11) is 2.16. The van der Waals surface area contributed by atoms with Crippen LogP contribution in [0.5, 0.6) is 0 Å². The number of carboxylic acid groups (broad SMARTS) is 1. The Bertz CT molecular complexity index is 316. The largest absolute Gasteiger partial charge is 0.481 e. The lowest BCUT2D eigenvalue weighted by molar-refractivity contribution is -0.142. The second-order valence-electron chi connectivity index (χ2n) is 6.80. The van der Waals surface area contributed by atoms with Gasteiger partial charge < -0.3 is 5.11 Å². The maximum atomic E-state index is 11.2. The molecule has 104 valence electrons. The average Bonchev–Trinajstić information content (AvgIpc) is 3.07. The van der Waals surface area contributed by atoms with Gasteiger partial charge in [0.1, 0.15) is 0 Å². The molecule has 0 heterocycles. The highest BCUT2D eigenvalue weighted by Crippen LogP contribution is 2.52. The third kappa shape index (κ3) is 2.56. The third-order valence-electron chi connectivity index (χ3n) is 5.64. The SMILES string of the molecule is CC(N(C)C1(CC(=O)O)CCCCC1)C1(C)CC1. The van der Waals surface area contributed by atoms with Crippen molar-refractivity contribution in [1.29, 1.82) is 0 Å². The van der Waals surface area contributed by atoms with E-state index in [0.717, 1.165) is 12.8 Å². The number of nitrogens with zero attached hydrogens (tertiary/aromatic N) is 1. The van der Waals surface area contributed by atoms with Gasteiger partial charge in [-0.15, -0.1) is 0 Å². The Morgan fingerprint density at radius 1 is 1.22 bits per heavy atom. The van der Waals surface area contributed by atoms with Crippen LogP contribution >= 0.6 is 0 Å². The van der Waals surface area contributed by atoms with Crippen LogP contribution in [0.3, 0.4) is 0 Å². The quantitative estimate of drug-likeness (QED) is 0.817. The molecule has 3 heteroatoms. The predicted molar refractivity (Wildman–Crippen MR) is 72.6 cm³/mol. The first-order chi connectivity index (χ1) is 8.40. The first kappa shape index (κ1) is 13.9. The van der Waals surface area contributed by atoms with Gasteiger partial charge in [-0.3, -0.25) is 9.69 Å². The van der Waals surface area contributed by atoms with Crippen LogP contribution in [-0.2, 0) is 4.79 Å². The van der Waals surface area contributed by atoms with Gasteiger partial charge in [-0.2, -0.15) is 0 Å². The molecule has 1 N–H and O–H groups in total. The van der Waals surface area contributed by atoms with Gasteiger partial charge in [0.25, 0.3) is 0 Å². The lowest BCUT2D eigenvalue weighted by Crippen LogP contribution is -2.54.